The summed E-state index contributed by atoms with van der Waals surface area (Å²) in [6.45, 7) is 3.24. The number of alkyl halides is 3. The van der Waals surface area contributed by atoms with E-state index in [-0.39, 0.29) is 12.0 Å². The Morgan fingerprint density at radius 3 is 2.52 bits per heavy atom. The summed E-state index contributed by atoms with van der Waals surface area (Å²) in [5.74, 6) is 0.0580. The highest BCUT2D eigenvalue weighted by atomic mass is 19.4. The molecule has 0 spiro atoms. The van der Waals surface area contributed by atoms with Crippen molar-refractivity contribution in [1.82, 2.24) is 10.4 Å². The van der Waals surface area contributed by atoms with Gasteiger partial charge < -0.3 is 4.74 Å². The summed E-state index contributed by atoms with van der Waals surface area (Å²) >= 11 is 0. The van der Waals surface area contributed by atoms with Crippen LogP contribution in [0.1, 0.15) is 31.9 Å². The van der Waals surface area contributed by atoms with Crippen molar-refractivity contribution in [3.05, 3.63) is 42.0 Å². The number of nitrogens with zero attached hydrogens (tertiary/aromatic N) is 1. The van der Waals surface area contributed by atoms with Gasteiger partial charge in [0.05, 0.1) is 7.11 Å². The van der Waals surface area contributed by atoms with Crippen LogP contribution < -0.4 is 10.2 Å². The maximum Gasteiger partial charge on any atom is 0.409 e. The Labute approximate surface area is 143 Å². The van der Waals surface area contributed by atoms with E-state index in [9.17, 15) is 18.0 Å². The van der Waals surface area contributed by atoms with E-state index in [0.717, 1.165) is 5.01 Å². The molecule has 2 aromatic rings. The van der Waals surface area contributed by atoms with Gasteiger partial charge in [-0.25, -0.2) is 0 Å². The second kappa shape index (κ2) is 5.91. The molecular weight excluding hydrogens is 333 g/mol. The first-order valence-corrected chi connectivity index (χ1v) is 7.86. The van der Waals surface area contributed by atoms with E-state index in [0.29, 0.717) is 16.5 Å². The van der Waals surface area contributed by atoms with Gasteiger partial charge >= 0.3 is 6.18 Å². The van der Waals surface area contributed by atoms with Gasteiger partial charge in [0.2, 0.25) is 5.91 Å². The van der Waals surface area contributed by atoms with Crippen molar-refractivity contribution in [2.24, 2.45) is 0 Å². The highest BCUT2D eigenvalue weighted by Crippen LogP contribution is 2.45. The predicted octanol–water partition coefficient (Wildman–Crippen LogP) is 3.97. The fraction of sp³-hybridized carbons (Fsp3) is 0.389. The van der Waals surface area contributed by atoms with Crippen molar-refractivity contribution in [2.75, 3.05) is 7.11 Å². The van der Waals surface area contributed by atoms with Crippen molar-refractivity contribution < 1.29 is 22.7 Å². The number of hydrazine groups is 1. The minimum absolute atomic E-state index is 0.00761. The SMILES string of the molecule is COc1ccc2cccc([C@H](N3NC(=O)CC3(C)C)C(F)(F)F)c2c1. The van der Waals surface area contributed by atoms with Crippen LogP contribution in [0.2, 0.25) is 0 Å². The first-order valence-electron chi connectivity index (χ1n) is 7.86. The Morgan fingerprint density at radius 1 is 1.24 bits per heavy atom. The molecule has 1 fully saturated rings. The minimum atomic E-state index is -4.56. The van der Waals surface area contributed by atoms with E-state index < -0.39 is 23.7 Å². The number of carbonyl (C=O) groups excluding carboxylic acids is 1. The molecule has 0 unspecified atom stereocenters. The zero-order valence-electron chi connectivity index (χ0n) is 14.1. The highest BCUT2D eigenvalue weighted by molar-refractivity contribution is 5.88. The number of hydrogen-bond acceptors (Lipinski definition) is 3. The molecule has 0 saturated carbocycles. The molecule has 1 aliphatic heterocycles. The molecule has 0 bridgehead atoms. The maximum atomic E-state index is 14.0. The lowest BCUT2D eigenvalue weighted by molar-refractivity contribution is -0.203. The largest absolute Gasteiger partial charge is 0.497 e. The predicted molar refractivity (Wildman–Crippen MR) is 88.0 cm³/mol. The van der Waals surface area contributed by atoms with Crippen molar-refractivity contribution in [3.63, 3.8) is 0 Å². The second-order valence-electron chi connectivity index (χ2n) is 6.77. The number of benzene rings is 2. The number of hydrogen-bond donors (Lipinski definition) is 1. The molecule has 1 aliphatic rings. The number of ether oxygens (including phenoxy) is 1. The topological polar surface area (TPSA) is 41.6 Å². The van der Waals surface area contributed by atoms with E-state index >= 15 is 0 Å². The summed E-state index contributed by atoms with van der Waals surface area (Å²) in [4.78, 5) is 11.8. The quantitative estimate of drug-likeness (QED) is 0.909. The van der Waals surface area contributed by atoms with Crippen molar-refractivity contribution in [1.29, 1.82) is 0 Å². The molecule has 1 atom stereocenters. The Kier molecular flexibility index (Phi) is 4.15. The van der Waals surface area contributed by atoms with Crippen LogP contribution in [0.25, 0.3) is 10.8 Å². The van der Waals surface area contributed by atoms with E-state index in [1.54, 1.807) is 44.2 Å². The molecule has 2 aromatic carbocycles. The standard InChI is InChI=1S/C18H19F3N2O2/c1-17(2)10-15(24)22-23(17)16(18(19,20)21)13-6-4-5-11-7-8-12(25-3)9-14(11)13/h4-9,16H,10H2,1-3H3,(H,22,24)/t16-/m0/s1. The fourth-order valence-electron chi connectivity index (χ4n) is 3.32. The Morgan fingerprint density at radius 2 is 1.96 bits per heavy atom. The Hall–Kier alpha value is -2.28. The van der Waals surface area contributed by atoms with Gasteiger partial charge in [-0.3, -0.25) is 10.2 Å². The maximum absolute atomic E-state index is 14.0. The van der Waals surface area contributed by atoms with E-state index in [1.165, 1.54) is 13.2 Å². The Bertz CT molecular complexity index is 818. The molecule has 1 N–H and O–H groups in total. The molecule has 0 aliphatic carbocycles. The Balaban J connectivity index is 2.21. The number of fused-ring (bicyclic) bond motifs is 1. The molecule has 3 rings (SSSR count). The summed E-state index contributed by atoms with van der Waals surface area (Å²) in [5, 5.41) is 2.14. The number of halogens is 3. The van der Waals surface area contributed by atoms with Crippen LogP contribution in [0.5, 0.6) is 5.75 Å². The fourth-order valence-corrected chi connectivity index (χ4v) is 3.32. The van der Waals surface area contributed by atoms with Crippen LogP contribution in [0.4, 0.5) is 13.2 Å². The zero-order valence-corrected chi connectivity index (χ0v) is 14.1. The summed E-state index contributed by atoms with van der Waals surface area (Å²) in [7, 11) is 1.47. The van der Waals surface area contributed by atoms with Gasteiger partial charge in [-0.2, -0.15) is 18.2 Å². The van der Waals surface area contributed by atoms with Gasteiger partial charge in [0.1, 0.15) is 5.75 Å². The van der Waals surface area contributed by atoms with Gasteiger partial charge in [0.15, 0.2) is 6.04 Å². The molecule has 25 heavy (non-hydrogen) atoms. The van der Waals surface area contributed by atoms with E-state index in [4.69, 9.17) is 4.74 Å². The van der Waals surface area contributed by atoms with Crippen LogP contribution in [0.15, 0.2) is 36.4 Å². The van der Waals surface area contributed by atoms with E-state index in [2.05, 4.69) is 5.43 Å². The molecule has 7 heteroatoms. The summed E-state index contributed by atoms with van der Waals surface area (Å²) in [6, 6.07) is 7.85. The molecule has 1 heterocycles. The average Bonchev–Trinajstić information content (AvgIpc) is 2.78. The lowest BCUT2D eigenvalue weighted by Gasteiger charge is -2.38. The number of carbonyl (C=O) groups is 1. The van der Waals surface area contributed by atoms with Gasteiger partial charge in [0.25, 0.3) is 0 Å². The second-order valence-corrected chi connectivity index (χ2v) is 6.77. The molecule has 4 nitrogen and oxygen atoms in total. The summed E-state index contributed by atoms with van der Waals surface area (Å²) in [5.41, 5.74) is 1.51. The highest BCUT2D eigenvalue weighted by Gasteiger charge is 2.53. The van der Waals surface area contributed by atoms with Crippen molar-refractivity contribution in [2.45, 2.75) is 38.0 Å². The smallest absolute Gasteiger partial charge is 0.409 e. The first kappa shape index (κ1) is 17.5. The lowest BCUT2D eigenvalue weighted by Crippen LogP contribution is -2.51. The third kappa shape index (κ3) is 3.16. The summed E-state index contributed by atoms with van der Waals surface area (Å²) < 4.78 is 47.2. The number of rotatable bonds is 3. The van der Waals surface area contributed by atoms with Gasteiger partial charge in [0, 0.05) is 12.0 Å². The number of amides is 1. The number of methoxy groups -OCH3 is 1. The third-order valence-electron chi connectivity index (χ3n) is 4.48. The van der Waals surface area contributed by atoms with E-state index in [1.807, 2.05) is 0 Å². The van der Waals surface area contributed by atoms with Crippen molar-refractivity contribution in [3.8, 4) is 5.75 Å². The number of nitrogens with one attached hydrogen (secondary N) is 1. The molecule has 0 aromatic heterocycles. The van der Waals surface area contributed by atoms with Crippen molar-refractivity contribution >= 4 is 16.7 Å². The molecule has 0 radical (unpaired) electrons. The first-order chi connectivity index (χ1) is 11.6. The minimum Gasteiger partial charge on any atom is -0.497 e. The normalized spacial score (nSPS) is 19.0. The third-order valence-corrected chi connectivity index (χ3v) is 4.48. The van der Waals surface area contributed by atoms with Gasteiger partial charge in [-0.15, -0.1) is 0 Å². The monoisotopic (exact) mass is 352 g/mol. The molecule has 1 saturated heterocycles. The molecule has 1 amide bonds. The van der Waals surface area contributed by atoms with Crippen LogP contribution in [-0.2, 0) is 4.79 Å². The molecule has 134 valence electrons. The van der Waals surface area contributed by atoms with Crippen LogP contribution >= 0.6 is 0 Å². The van der Waals surface area contributed by atoms with Gasteiger partial charge in [-0.1, -0.05) is 24.3 Å². The summed E-state index contributed by atoms with van der Waals surface area (Å²) in [6.07, 6.45) is -4.56. The van der Waals surface area contributed by atoms with Crippen LogP contribution in [0, 0.1) is 0 Å². The van der Waals surface area contributed by atoms with Crippen LogP contribution in [-0.4, -0.2) is 29.7 Å². The average molecular weight is 352 g/mol. The lowest BCUT2D eigenvalue weighted by atomic mass is 9.93. The van der Waals surface area contributed by atoms with Gasteiger partial charge in [-0.05, 0) is 42.3 Å². The zero-order chi connectivity index (χ0) is 18.4. The molecular formula is C18H19F3N2O2. The van der Waals surface area contributed by atoms with Crippen LogP contribution in [0.3, 0.4) is 0 Å².